The summed E-state index contributed by atoms with van der Waals surface area (Å²) in [7, 11) is 0. The average molecular weight is 157 g/mol. The molecule has 0 radical (unpaired) electrons. The van der Waals surface area contributed by atoms with E-state index in [1.54, 1.807) is 0 Å². The molecule has 2 N–H and O–H groups in total. The van der Waals surface area contributed by atoms with Gasteiger partial charge < -0.3 is 15.2 Å². The third kappa shape index (κ3) is 1.07. The van der Waals surface area contributed by atoms with Crippen molar-refractivity contribution in [2.24, 2.45) is 0 Å². The van der Waals surface area contributed by atoms with Crippen LogP contribution in [-0.4, -0.2) is 29.4 Å². The van der Waals surface area contributed by atoms with Crippen LogP contribution in [0.2, 0.25) is 0 Å². The number of fused-ring (bicyclic) bond motifs is 1. The molecular formula is C7H11NO3. The van der Waals surface area contributed by atoms with Crippen LogP contribution in [-0.2, 0) is 4.74 Å². The van der Waals surface area contributed by atoms with E-state index in [2.05, 4.69) is 5.32 Å². The SMILES string of the molecule is O=C1N[C@H]2CCC[C@H](O)[C@@H]2O1. The highest BCUT2D eigenvalue weighted by atomic mass is 16.6. The van der Waals surface area contributed by atoms with Gasteiger partial charge in [-0.3, -0.25) is 0 Å². The number of carbonyl (C=O) groups is 1. The van der Waals surface area contributed by atoms with Crippen molar-refractivity contribution in [1.82, 2.24) is 5.32 Å². The predicted octanol–water partition coefficient (Wildman–Crippen LogP) is 0.00820. The highest BCUT2D eigenvalue weighted by molar-refractivity contribution is 5.70. The molecule has 2 rings (SSSR count). The quantitative estimate of drug-likeness (QED) is 0.520. The fourth-order valence-electron chi connectivity index (χ4n) is 1.77. The number of hydrogen-bond donors (Lipinski definition) is 2. The van der Waals surface area contributed by atoms with Crippen LogP contribution in [0.3, 0.4) is 0 Å². The van der Waals surface area contributed by atoms with Crippen molar-refractivity contribution in [3.63, 3.8) is 0 Å². The van der Waals surface area contributed by atoms with E-state index in [1.165, 1.54) is 0 Å². The van der Waals surface area contributed by atoms with Gasteiger partial charge in [0.1, 0.15) is 6.10 Å². The minimum absolute atomic E-state index is 0.0475. The Labute approximate surface area is 64.5 Å². The number of carbonyl (C=O) groups excluding carboxylic acids is 1. The Kier molecular flexibility index (Phi) is 1.49. The largest absolute Gasteiger partial charge is 0.441 e. The first-order valence-corrected chi connectivity index (χ1v) is 3.92. The first kappa shape index (κ1) is 6.91. The number of nitrogens with one attached hydrogen (secondary N) is 1. The van der Waals surface area contributed by atoms with Gasteiger partial charge in [-0.15, -0.1) is 0 Å². The summed E-state index contributed by atoms with van der Waals surface area (Å²) in [5.74, 6) is 0. The van der Waals surface area contributed by atoms with Crippen molar-refractivity contribution in [3.05, 3.63) is 0 Å². The summed E-state index contributed by atoms with van der Waals surface area (Å²) in [5.41, 5.74) is 0. The second-order valence-corrected chi connectivity index (χ2v) is 3.12. The molecule has 2 aliphatic rings. The molecule has 62 valence electrons. The molecule has 0 aromatic carbocycles. The molecule has 1 saturated heterocycles. The molecule has 0 aromatic heterocycles. The minimum Gasteiger partial charge on any atom is -0.441 e. The molecule has 0 unspecified atom stereocenters. The van der Waals surface area contributed by atoms with Crippen molar-refractivity contribution >= 4 is 6.09 Å². The van der Waals surface area contributed by atoms with Gasteiger partial charge in [0.05, 0.1) is 12.1 Å². The van der Waals surface area contributed by atoms with Gasteiger partial charge >= 0.3 is 6.09 Å². The highest BCUT2D eigenvalue weighted by Crippen LogP contribution is 2.25. The smallest absolute Gasteiger partial charge is 0.407 e. The summed E-state index contributed by atoms with van der Waals surface area (Å²) < 4.78 is 4.88. The maximum atomic E-state index is 10.7. The predicted molar refractivity (Wildman–Crippen MR) is 37.1 cm³/mol. The zero-order valence-electron chi connectivity index (χ0n) is 6.12. The van der Waals surface area contributed by atoms with E-state index in [1.807, 2.05) is 0 Å². The molecule has 1 amide bonds. The van der Waals surface area contributed by atoms with E-state index in [-0.39, 0.29) is 18.2 Å². The topological polar surface area (TPSA) is 58.6 Å². The summed E-state index contributed by atoms with van der Waals surface area (Å²) >= 11 is 0. The summed E-state index contributed by atoms with van der Waals surface area (Å²) in [4.78, 5) is 10.7. The fraction of sp³-hybridized carbons (Fsp3) is 0.857. The maximum absolute atomic E-state index is 10.7. The van der Waals surface area contributed by atoms with Crippen LogP contribution < -0.4 is 5.32 Å². The lowest BCUT2D eigenvalue weighted by Gasteiger charge is -2.26. The standard InChI is InChI=1S/C7H11NO3/c9-5-3-1-2-4-6(5)11-7(10)8-4/h4-6,9H,1-3H2,(H,8,10)/t4-,5-,6+/m0/s1. The molecule has 1 aliphatic heterocycles. The number of rotatable bonds is 0. The fourth-order valence-corrected chi connectivity index (χ4v) is 1.77. The first-order valence-electron chi connectivity index (χ1n) is 3.92. The molecule has 3 atom stereocenters. The Morgan fingerprint density at radius 3 is 3.09 bits per heavy atom. The van der Waals surface area contributed by atoms with E-state index in [0.717, 1.165) is 19.3 Å². The van der Waals surface area contributed by atoms with Gasteiger partial charge in [0.15, 0.2) is 0 Å². The third-order valence-corrected chi connectivity index (χ3v) is 2.34. The van der Waals surface area contributed by atoms with Crippen LogP contribution >= 0.6 is 0 Å². The Balaban J connectivity index is 2.09. The maximum Gasteiger partial charge on any atom is 0.407 e. The van der Waals surface area contributed by atoms with Crippen LogP contribution in [0.5, 0.6) is 0 Å². The second-order valence-electron chi connectivity index (χ2n) is 3.12. The number of hydrogen-bond acceptors (Lipinski definition) is 3. The van der Waals surface area contributed by atoms with Crippen molar-refractivity contribution in [2.45, 2.75) is 37.5 Å². The lowest BCUT2D eigenvalue weighted by Crippen LogP contribution is -2.42. The van der Waals surface area contributed by atoms with Gasteiger partial charge in [-0.25, -0.2) is 4.79 Å². The Morgan fingerprint density at radius 1 is 1.55 bits per heavy atom. The van der Waals surface area contributed by atoms with Crippen molar-refractivity contribution < 1.29 is 14.6 Å². The second kappa shape index (κ2) is 2.37. The van der Waals surface area contributed by atoms with E-state index in [4.69, 9.17) is 4.74 Å². The van der Waals surface area contributed by atoms with E-state index in [9.17, 15) is 9.90 Å². The average Bonchev–Trinajstić information content (AvgIpc) is 2.31. The van der Waals surface area contributed by atoms with Gasteiger partial charge in [-0.05, 0) is 19.3 Å². The Bertz CT molecular complexity index is 183. The van der Waals surface area contributed by atoms with E-state index in [0.29, 0.717) is 0 Å². The van der Waals surface area contributed by atoms with Crippen molar-refractivity contribution in [2.75, 3.05) is 0 Å². The highest BCUT2D eigenvalue weighted by Gasteiger charge is 2.41. The third-order valence-electron chi connectivity index (χ3n) is 2.34. The summed E-state index contributed by atoms with van der Waals surface area (Å²) in [6.07, 6.45) is 1.49. The van der Waals surface area contributed by atoms with Crippen molar-refractivity contribution in [3.8, 4) is 0 Å². The number of aliphatic hydroxyl groups excluding tert-OH is 1. The summed E-state index contributed by atoms with van der Waals surface area (Å²) in [6.45, 7) is 0. The molecule has 4 heteroatoms. The zero-order valence-corrected chi connectivity index (χ0v) is 6.12. The molecule has 0 bridgehead atoms. The monoisotopic (exact) mass is 157 g/mol. The molecule has 1 aliphatic carbocycles. The number of ether oxygens (including phenoxy) is 1. The normalized spacial score (nSPS) is 42.6. The molecule has 1 saturated carbocycles. The lowest BCUT2D eigenvalue weighted by atomic mass is 9.91. The van der Waals surface area contributed by atoms with Crippen LogP contribution in [0.25, 0.3) is 0 Å². The van der Waals surface area contributed by atoms with Gasteiger partial charge in [-0.2, -0.15) is 0 Å². The summed E-state index contributed by atoms with van der Waals surface area (Å²) in [5, 5.41) is 12.0. The molecule has 4 nitrogen and oxygen atoms in total. The Hall–Kier alpha value is -0.770. The Morgan fingerprint density at radius 2 is 2.36 bits per heavy atom. The van der Waals surface area contributed by atoms with Gasteiger partial charge in [-0.1, -0.05) is 0 Å². The van der Waals surface area contributed by atoms with E-state index < -0.39 is 6.10 Å². The molecule has 0 aromatic rings. The number of amides is 1. The van der Waals surface area contributed by atoms with Crippen molar-refractivity contribution in [1.29, 1.82) is 0 Å². The van der Waals surface area contributed by atoms with Crippen LogP contribution in [0.4, 0.5) is 4.79 Å². The molecule has 2 fully saturated rings. The number of alkyl carbamates (subject to hydrolysis) is 1. The molecule has 0 spiro atoms. The van der Waals surface area contributed by atoms with Gasteiger partial charge in [0, 0.05) is 0 Å². The lowest BCUT2D eigenvalue weighted by molar-refractivity contribution is -0.00305. The van der Waals surface area contributed by atoms with Gasteiger partial charge in [0.25, 0.3) is 0 Å². The molecular weight excluding hydrogens is 146 g/mol. The summed E-state index contributed by atoms with van der Waals surface area (Å²) in [6, 6.07) is 0.0475. The molecule has 11 heavy (non-hydrogen) atoms. The zero-order chi connectivity index (χ0) is 7.84. The van der Waals surface area contributed by atoms with Crippen LogP contribution in [0.1, 0.15) is 19.3 Å². The van der Waals surface area contributed by atoms with Crippen LogP contribution in [0, 0.1) is 0 Å². The van der Waals surface area contributed by atoms with Crippen LogP contribution in [0.15, 0.2) is 0 Å². The first-order chi connectivity index (χ1) is 5.27. The minimum atomic E-state index is -0.465. The molecule has 1 heterocycles. The number of aliphatic hydroxyl groups is 1. The van der Waals surface area contributed by atoms with Gasteiger partial charge in [0.2, 0.25) is 0 Å². The van der Waals surface area contributed by atoms with E-state index >= 15 is 0 Å².